The summed E-state index contributed by atoms with van der Waals surface area (Å²) in [6.45, 7) is 1.38. The molecule has 1 N–H and O–H groups in total. The highest BCUT2D eigenvalue weighted by molar-refractivity contribution is 6.31. The predicted octanol–water partition coefficient (Wildman–Crippen LogP) is 2.41. The van der Waals surface area contributed by atoms with E-state index in [9.17, 15) is 19.5 Å². The normalized spacial score (nSPS) is 14.3. The molecule has 0 aliphatic carbocycles. The quantitative estimate of drug-likeness (QED) is 0.479. The number of aliphatic hydroxyl groups is 1. The Bertz CT molecular complexity index is 1140. The van der Waals surface area contributed by atoms with Crippen LogP contribution in [-0.4, -0.2) is 50.0 Å². The van der Waals surface area contributed by atoms with Crippen LogP contribution in [-0.2, 0) is 22.7 Å². The number of carbonyl (C=O) groups is 3. The van der Waals surface area contributed by atoms with Crippen molar-refractivity contribution in [1.29, 1.82) is 0 Å². The standard InChI is InChI=1S/C21H18ClN3O5/c1-12(25-19(27)14-4-2-3-5-15(14)20(25)28)21(29)30-11-18-23-16-7-6-13(22)10-17(16)24(18)8-9-26/h2-7,10,12,26H,8-9,11H2,1H3/t12-/m1/s1. The highest BCUT2D eigenvalue weighted by atomic mass is 35.5. The van der Waals surface area contributed by atoms with E-state index in [0.717, 1.165) is 4.90 Å². The van der Waals surface area contributed by atoms with E-state index in [0.29, 0.717) is 21.9 Å². The summed E-state index contributed by atoms with van der Waals surface area (Å²) in [4.78, 5) is 43.1. The molecule has 2 heterocycles. The molecule has 3 aromatic rings. The van der Waals surface area contributed by atoms with Crippen LogP contribution in [0.2, 0.25) is 5.02 Å². The molecule has 0 unspecified atom stereocenters. The molecule has 1 aliphatic heterocycles. The molecule has 2 aromatic carbocycles. The van der Waals surface area contributed by atoms with E-state index >= 15 is 0 Å². The van der Waals surface area contributed by atoms with Crippen molar-refractivity contribution in [3.63, 3.8) is 0 Å². The first-order valence-corrected chi connectivity index (χ1v) is 9.69. The van der Waals surface area contributed by atoms with Gasteiger partial charge in [0.2, 0.25) is 0 Å². The van der Waals surface area contributed by atoms with Crippen LogP contribution in [0.4, 0.5) is 0 Å². The van der Waals surface area contributed by atoms with Crippen LogP contribution in [0.3, 0.4) is 0 Å². The zero-order valence-electron chi connectivity index (χ0n) is 16.0. The van der Waals surface area contributed by atoms with Gasteiger partial charge in [0.15, 0.2) is 0 Å². The number of esters is 1. The molecule has 4 rings (SSSR count). The summed E-state index contributed by atoms with van der Waals surface area (Å²) in [6.07, 6.45) is 0. The van der Waals surface area contributed by atoms with Gasteiger partial charge in [-0.05, 0) is 37.3 Å². The molecule has 1 aromatic heterocycles. The number of nitrogens with zero attached hydrogens (tertiary/aromatic N) is 3. The Morgan fingerprint density at radius 1 is 1.17 bits per heavy atom. The maximum Gasteiger partial charge on any atom is 0.329 e. The molecule has 8 nitrogen and oxygen atoms in total. The summed E-state index contributed by atoms with van der Waals surface area (Å²) in [6, 6.07) is 10.5. The van der Waals surface area contributed by atoms with Crippen LogP contribution in [0.15, 0.2) is 42.5 Å². The van der Waals surface area contributed by atoms with Gasteiger partial charge in [-0.3, -0.25) is 14.5 Å². The minimum absolute atomic E-state index is 0.135. The number of rotatable bonds is 6. The topological polar surface area (TPSA) is 102 Å². The van der Waals surface area contributed by atoms with Gasteiger partial charge >= 0.3 is 5.97 Å². The highest BCUT2D eigenvalue weighted by Gasteiger charge is 2.41. The van der Waals surface area contributed by atoms with E-state index in [1.807, 2.05) is 0 Å². The number of aromatic nitrogens is 2. The van der Waals surface area contributed by atoms with Crippen molar-refractivity contribution in [2.45, 2.75) is 26.1 Å². The number of imidazole rings is 1. The molecule has 1 aliphatic rings. The molecule has 0 saturated carbocycles. The van der Waals surface area contributed by atoms with Crippen LogP contribution in [0.1, 0.15) is 33.5 Å². The Labute approximate surface area is 176 Å². The van der Waals surface area contributed by atoms with Gasteiger partial charge in [0, 0.05) is 11.6 Å². The van der Waals surface area contributed by atoms with Gasteiger partial charge in [-0.15, -0.1) is 0 Å². The summed E-state index contributed by atoms with van der Waals surface area (Å²) >= 11 is 6.05. The Hall–Kier alpha value is -3.23. The number of hydrogen-bond donors (Lipinski definition) is 1. The van der Waals surface area contributed by atoms with Crippen LogP contribution in [0.5, 0.6) is 0 Å². The Kier molecular flexibility index (Phi) is 5.27. The van der Waals surface area contributed by atoms with Crippen molar-refractivity contribution >= 4 is 40.4 Å². The molecule has 30 heavy (non-hydrogen) atoms. The second-order valence-corrected chi connectivity index (χ2v) is 7.28. The third-order valence-electron chi connectivity index (χ3n) is 5.01. The average molecular weight is 428 g/mol. The van der Waals surface area contributed by atoms with Gasteiger partial charge < -0.3 is 14.4 Å². The number of amides is 2. The van der Waals surface area contributed by atoms with Gasteiger partial charge in [0.05, 0.1) is 28.8 Å². The first-order chi connectivity index (χ1) is 14.4. The lowest BCUT2D eigenvalue weighted by atomic mass is 10.1. The van der Waals surface area contributed by atoms with E-state index in [1.165, 1.54) is 6.92 Å². The monoisotopic (exact) mass is 427 g/mol. The van der Waals surface area contributed by atoms with Gasteiger partial charge in [-0.2, -0.15) is 0 Å². The third-order valence-corrected chi connectivity index (χ3v) is 5.25. The summed E-state index contributed by atoms with van der Waals surface area (Å²) < 4.78 is 7.07. The van der Waals surface area contributed by atoms with Crippen LogP contribution >= 0.6 is 11.6 Å². The Balaban J connectivity index is 1.52. The number of hydrogen-bond acceptors (Lipinski definition) is 6. The molecule has 0 spiro atoms. The molecule has 2 amide bonds. The molecule has 0 radical (unpaired) electrons. The fourth-order valence-corrected chi connectivity index (χ4v) is 3.69. The molecule has 1 atom stereocenters. The van der Waals surface area contributed by atoms with Gasteiger partial charge in [0.25, 0.3) is 11.8 Å². The molecular weight excluding hydrogens is 410 g/mol. The molecule has 0 saturated heterocycles. The Morgan fingerprint density at radius 3 is 2.47 bits per heavy atom. The first-order valence-electron chi connectivity index (χ1n) is 9.31. The number of aliphatic hydroxyl groups excluding tert-OH is 1. The number of carbonyl (C=O) groups excluding carboxylic acids is 3. The van der Waals surface area contributed by atoms with Crippen molar-refractivity contribution in [2.75, 3.05) is 6.61 Å². The van der Waals surface area contributed by atoms with Gasteiger partial charge in [-0.1, -0.05) is 23.7 Å². The maximum atomic E-state index is 12.6. The summed E-state index contributed by atoms with van der Waals surface area (Å²) in [7, 11) is 0. The smallest absolute Gasteiger partial charge is 0.329 e. The molecule has 0 fully saturated rings. The van der Waals surface area contributed by atoms with E-state index in [2.05, 4.69) is 4.98 Å². The minimum atomic E-state index is -1.09. The summed E-state index contributed by atoms with van der Waals surface area (Å²) in [5, 5.41) is 9.89. The number of fused-ring (bicyclic) bond motifs is 2. The van der Waals surface area contributed by atoms with Crippen molar-refractivity contribution in [3.8, 4) is 0 Å². The van der Waals surface area contributed by atoms with Crippen molar-refractivity contribution < 1.29 is 24.2 Å². The minimum Gasteiger partial charge on any atom is -0.456 e. The zero-order chi connectivity index (χ0) is 21.4. The molecule has 9 heteroatoms. The second kappa shape index (κ2) is 7.89. The fourth-order valence-electron chi connectivity index (χ4n) is 3.53. The molecule has 0 bridgehead atoms. The maximum absolute atomic E-state index is 12.6. The lowest BCUT2D eigenvalue weighted by Crippen LogP contribution is -2.43. The van der Waals surface area contributed by atoms with E-state index < -0.39 is 23.8 Å². The zero-order valence-corrected chi connectivity index (χ0v) is 16.8. The predicted molar refractivity (Wildman–Crippen MR) is 108 cm³/mol. The lowest BCUT2D eigenvalue weighted by Gasteiger charge is -2.21. The van der Waals surface area contributed by atoms with E-state index in [1.54, 1.807) is 47.0 Å². The molecular formula is C21H18ClN3O5. The first kappa shape index (κ1) is 20.1. The van der Waals surface area contributed by atoms with Crippen LogP contribution < -0.4 is 0 Å². The second-order valence-electron chi connectivity index (χ2n) is 6.85. The number of imide groups is 1. The van der Waals surface area contributed by atoms with Crippen LogP contribution in [0, 0.1) is 0 Å². The third kappa shape index (κ3) is 3.34. The van der Waals surface area contributed by atoms with Gasteiger partial charge in [0.1, 0.15) is 18.5 Å². The lowest BCUT2D eigenvalue weighted by molar-refractivity contribution is -0.149. The summed E-state index contributed by atoms with van der Waals surface area (Å²) in [5.41, 5.74) is 1.89. The van der Waals surface area contributed by atoms with Gasteiger partial charge in [-0.25, -0.2) is 9.78 Å². The van der Waals surface area contributed by atoms with Crippen molar-refractivity contribution in [3.05, 3.63) is 64.4 Å². The largest absolute Gasteiger partial charge is 0.456 e. The van der Waals surface area contributed by atoms with E-state index in [-0.39, 0.29) is 30.9 Å². The van der Waals surface area contributed by atoms with Crippen molar-refractivity contribution in [2.24, 2.45) is 0 Å². The van der Waals surface area contributed by atoms with E-state index in [4.69, 9.17) is 16.3 Å². The fraction of sp³-hybridized carbons (Fsp3) is 0.238. The molecule has 154 valence electrons. The number of ether oxygens (including phenoxy) is 1. The Morgan fingerprint density at radius 2 is 1.83 bits per heavy atom. The van der Waals surface area contributed by atoms with Crippen LogP contribution in [0.25, 0.3) is 11.0 Å². The number of halogens is 1. The SMILES string of the molecule is C[C@H](C(=O)OCc1nc2ccc(Cl)cc2n1CCO)N1C(=O)c2ccccc2C1=O. The average Bonchev–Trinajstić information content (AvgIpc) is 3.21. The number of benzene rings is 2. The summed E-state index contributed by atoms with van der Waals surface area (Å²) in [5.74, 6) is -1.36. The highest BCUT2D eigenvalue weighted by Crippen LogP contribution is 2.25. The van der Waals surface area contributed by atoms with Crippen molar-refractivity contribution in [1.82, 2.24) is 14.5 Å².